The highest BCUT2D eigenvalue weighted by atomic mass is 16.5. The molecule has 0 saturated carbocycles. The van der Waals surface area contributed by atoms with E-state index in [4.69, 9.17) is 4.74 Å². The molecule has 324 valence electrons. The van der Waals surface area contributed by atoms with E-state index in [1.807, 2.05) is 0 Å². The zero-order chi connectivity index (χ0) is 43.4. The Kier molecular flexibility index (Phi) is 21.5. The van der Waals surface area contributed by atoms with E-state index in [2.05, 4.69) is 33.5 Å². The van der Waals surface area contributed by atoms with Gasteiger partial charge in [-0.3, -0.25) is 28.8 Å². The number of hydrogen-bond acceptors (Lipinski definition) is 11. The van der Waals surface area contributed by atoms with E-state index in [1.54, 1.807) is 39.8 Å². The molecule has 0 spiro atoms. The number of aliphatic hydroxyl groups is 2. The number of aromatic hydroxyl groups is 1. The van der Waals surface area contributed by atoms with Crippen LogP contribution in [0.15, 0.2) is 36.4 Å². The van der Waals surface area contributed by atoms with Crippen molar-refractivity contribution in [3.8, 4) is 5.75 Å². The maximum atomic E-state index is 13.7. The highest BCUT2D eigenvalue weighted by Gasteiger charge is 2.36. The Morgan fingerprint density at radius 2 is 1.43 bits per heavy atom. The number of nitrogens with one attached hydrogen (secondary N) is 5. The fourth-order valence-corrected chi connectivity index (χ4v) is 6.17. The van der Waals surface area contributed by atoms with E-state index in [-0.39, 0.29) is 24.5 Å². The van der Waals surface area contributed by atoms with Crippen LogP contribution in [0.1, 0.15) is 91.5 Å². The smallest absolute Gasteiger partial charge is 0.329 e. The van der Waals surface area contributed by atoms with Gasteiger partial charge in [0.2, 0.25) is 35.4 Å². The highest BCUT2D eigenvalue weighted by molar-refractivity contribution is 5.96. The molecule has 58 heavy (non-hydrogen) atoms. The summed E-state index contributed by atoms with van der Waals surface area (Å²) >= 11 is 0. The van der Waals surface area contributed by atoms with Crippen molar-refractivity contribution in [1.82, 2.24) is 31.5 Å². The normalized spacial score (nSPS) is 19.8. The van der Waals surface area contributed by atoms with Crippen molar-refractivity contribution in [2.75, 3.05) is 26.9 Å². The number of unbranched alkanes of at least 4 members (excludes halogenated alkanes) is 6. The van der Waals surface area contributed by atoms with E-state index in [0.717, 1.165) is 38.2 Å². The van der Waals surface area contributed by atoms with E-state index < -0.39 is 103 Å². The van der Waals surface area contributed by atoms with Crippen molar-refractivity contribution in [2.24, 2.45) is 11.8 Å². The third kappa shape index (κ3) is 16.4. The molecule has 1 heterocycles. The van der Waals surface area contributed by atoms with Gasteiger partial charge in [-0.25, -0.2) is 4.79 Å². The summed E-state index contributed by atoms with van der Waals surface area (Å²) in [5.41, 5.74) is 0.615. The number of phenols is 1. The van der Waals surface area contributed by atoms with Gasteiger partial charge in [-0.1, -0.05) is 91.4 Å². The Morgan fingerprint density at radius 1 is 0.845 bits per heavy atom. The molecule has 0 radical (unpaired) electrons. The summed E-state index contributed by atoms with van der Waals surface area (Å²) in [5.74, 6) is -5.89. The van der Waals surface area contributed by atoms with Crippen molar-refractivity contribution in [3.05, 3.63) is 42.0 Å². The van der Waals surface area contributed by atoms with Gasteiger partial charge in [-0.2, -0.15) is 0 Å². The molecular weight excluding hydrogens is 752 g/mol. The number of ether oxygens (including phenoxy) is 1. The molecule has 2 rings (SSSR count). The Labute approximate surface area is 341 Å². The number of phenolic OH excluding ortho intramolecular Hbond substituents is 1. The summed E-state index contributed by atoms with van der Waals surface area (Å²) in [4.78, 5) is 93.8. The van der Waals surface area contributed by atoms with E-state index in [1.165, 1.54) is 36.6 Å². The number of cyclic esters (lactones) is 1. The molecule has 17 heteroatoms. The second-order valence-electron chi connectivity index (χ2n) is 15.3. The van der Waals surface area contributed by atoms with Crippen LogP contribution >= 0.6 is 0 Å². The lowest BCUT2D eigenvalue weighted by Gasteiger charge is -2.32. The summed E-state index contributed by atoms with van der Waals surface area (Å²) in [6, 6.07) is -1.35. The second kappa shape index (κ2) is 25.4. The first-order valence-electron chi connectivity index (χ1n) is 20.1. The minimum Gasteiger partial charge on any atom is -0.508 e. The summed E-state index contributed by atoms with van der Waals surface area (Å²) in [7, 11) is 1.42. The van der Waals surface area contributed by atoms with Crippen LogP contribution < -0.4 is 26.6 Å². The van der Waals surface area contributed by atoms with Gasteiger partial charge in [-0.15, -0.1) is 0 Å². The number of likely N-dealkylation sites (N-methyl/N-ethyl adjacent to an activating group) is 1. The molecule has 17 nitrogen and oxygen atoms in total. The van der Waals surface area contributed by atoms with E-state index in [9.17, 15) is 48.9 Å². The van der Waals surface area contributed by atoms with Gasteiger partial charge in [0, 0.05) is 26.0 Å². The molecule has 0 fully saturated rings. The number of nitrogens with zero attached hydrogens (tertiary/aromatic N) is 1. The molecule has 8 N–H and O–H groups in total. The summed E-state index contributed by atoms with van der Waals surface area (Å²) in [6.45, 7) is 6.78. The van der Waals surface area contributed by atoms with Crippen LogP contribution in [0, 0.1) is 11.8 Å². The van der Waals surface area contributed by atoms with Gasteiger partial charge in [0.1, 0.15) is 42.6 Å². The average molecular weight is 817 g/mol. The molecule has 0 aliphatic carbocycles. The number of aliphatic hydroxyl groups excluding tert-OH is 2. The van der Waals surface area contributed by atoms with Crippen LogP contribution in [0.3, 0.4) is 0 Å². The minimum atomic E-state index is -1.55. The van der Waals surface area contributed by atoms with Gasteiger partial charge in [0.25, 0.3) is 0 Å². The van der Waals surface area contributed by atoms with Crippen LogP contribution in [0.25, 0.3) is 0 Å². The molecule has 1 aromatic rings. The second-order valence-corrected chi connectivity index (χ2v) is 15.3. The molecule has 1 aromatic carbocycles. The summed E-state index contributed by atoms with van der Waals surface area (Å²) in [6.07, 6.45) is 9.53. The third-order valence-corrected chi connectivity index (χ3v) is 9.80. The molecule has 0 aromatic heterocycles. The SMILES string of the molecule is CCCCCCCCCC(=O)N[C@@H](CO)C(=O)N[C@@H](CO)C(=O)N[C@H](C(=O)N[C@@H]1/C=C/C(=O)N[C@@H](C(C)C)C(=O)N(C)[C@@H](Cc2ccc(O)cc2)C(=O)OC1)C(C)C. The van der Waals surface area contributed by atoms with Crippen LogP contribution in [0.2, 0.25) is 0 Å². The topological polar surface area (TPSA) is 253 Å². The van der Waals surface area contributed by atoms with Crippen LogP contribution in [0.4, 0.5) is 0 Å². The monoisotopic (exact) mass is 816 g/mol. The lowest BCUT2D eigenvalue weighted by atomic mass is 9.99. The standard InChI is InChI=1S/C41H64N6O11/c1-7-8-9-10-11-12-13-14-33(51)43-30(22-48)37(53)44-31(23-49)38(54)46-35(25(2)3)39(55)42-28-17-20-34(52)45-36(26(4)5)40(56)47(6)32(41(57)58-24-28)21-27-15-18-29(50)19-16-27/h15-20,25-26,28,30-32,35-36,48-50H,7-14,21-24H2,1-6H3,(H,42,55)(H,43,51)(H,44,53)(H,45,52)(H,46,54)/b20-17+/t28-,30+,31+,32+,35+,36+/m1/s1. The Balaban J connectivity index is 2.17. The Bertz CT molecular complexity index is 1550. The van der Waals surface area contributed by atoms with Crippen molar-refractivity contribution < 1.29 is 53.6 Å². The Hall–Kier alpha value is -5.03. The molecule has 0 unspecified atom stereocenters. The number of rotatable bonds is 21. The molecular formula is C41H64N6O11. The summed E-state index contributed by atoms with van der Waals surface area (Å²) < 4.78 is 5.61. The van der Waals surface area contributed by atoms with Crippen LogP contribution in [-0.2, 0) is 44.7 Å². The number of amides is 6. The minimum absolute atomic E-state index is 0.0137. The predicted octanol–water partition coefficient (Wildman–Crippen LogP) is 0.736. The molecule has 6 atom stereocenters. The van der Waals surface area contributed by atoms with Gasteiger partial charge < -0.3 is 51.5 Å². The fourth-order valence-electron chi connectivity index (χ4n) is 6.17. The van der Waals surface area contributed by atoms with Crippen molar-refractivity contribution in [2.45, 2.75) is 129 Å². The maximum absolute atomic E-state index is 13.7. The zero-order valence-electron chi connectivity index (χ0n) is 34.6. The van der Waals surface area contributed by atoms with Crippen molar-refractivity contribution in [1.29, 1.82) is 0 Å². The molecule has 6 amide bonds. The number of hydrogen-bond donors (Lipinski definition) is 8. The number of carbonyl (C=O) groups excluding carboxylic acids is 7. The van der Waals surface area contributed by atoms with Gasteiger partial charge in [-0.05, 0) is 36.0 Å². The van der Waals surface area contributed by atoms with E-state index >= 15 is 0 Å². The lowest BCUT2D eigenvalue weighted by Crippen LogP contribution is -2.60. The van der Waals surface area contributed by atoms with Crippen LogP contribution in [-0.4, -0.2) is 125 Å². The first-order valence-corrected chi connectivity index (χ1v) is 20.1. The predicted molar refractivity (Wildman–Crippen MR) is 215 cm³/mol. The van der Waals surface area contributed by atoms with Crippen molar-refractivity contribution in [3.63, 3.8) is 0 Å². The van der Waals surface area contributed by atoms with Gasteiger partial charge >= 0.3 is 5.97 Å². The molecule has 0 saturated heterocycles. The highest BCUT2D eigenvalue weighted by Crippen LogP contribution is 2.17. The molecule has 0 bridgehead atoms. The van der Waals surface area contributed by atoms with Crippen molar-refractivity contribution >= 4 is 41.4 Å². The number of benzene rings is 1. The largest absolute Gasteiger partial charge is 0.508 e. The number of esters is 1. The maximum Gasteiger partial charge on any atom is 0.329 e. The van der Waals surface area contributed by atoms with Gasteiger partial charge in [0.15, 0.2) is 0 Å². The zero-order valence-corrected chi connectivity index (χ0v) is 34.6. The first kappa shape index (κ1) is 49.1. The Morgan fingerprint density at radius 3 is 2.02 bits per heavy atom. The average Bonchev–Trinajstić information content (AvgIpc) is 3.18. The quantitative estimate of drug-likeness (QED) is 0.0635. The molecule has 1 aliphatic rings. The van der Waals surface area contributed by atoms with Gasteiger partial charge in [0.05, 0.1) is 19.3 Å². The first-order chi connectivity index (χ1) is 27.5. The third-order valence-electron chi connectivity index (χ3n) is 9.80. The number of carbonyl (C=O) groups is 7. The fraction of sp³-hybridized carbons (Fsp3) is 0.634. The summed E-state index contributed by atoms with van der Waals surface area (Å²) in [5, 5.41) is 42.2. The molecule has 1 aliphatic heterocycles. The lowest BCUT2D eigenvalue weighted by molar-refractivity contribution is -0.156. The van der Waals surface area contributed by atoms with Crippen LogP contribution in [0.5, 0.6) is 5.75 Å². The van der Waals surface area contributed by atoms with E-state index in [0.29, 0.717) is 12.0 Å².